The maximum atomic E-state index is 6.07. The van der Waals surface area contributed by atoms with Crippen molar-refractivity contribution in [3.63, 3.8) is 0 Å². The van der Waals surface area contributed by atoms with Crippen molar-refractivity contribution in [1.82, 2.24) is 4.90 Å². The maximum absolute atomic E-state index is 6.07. The molecule has 1 aromatic carbocycles. The van der Waals surface area contributed by atoms with Crippen molar-refractivity contribution in [3.8, 4) is 0 Å². The number of rotatable bonds is 3. The van der Waals surface area contributed by atoms with Crippen LogP contribution in [-0.2, 0) is 4.74 Å². The average molecular weight is 280 g/mol. The highest BCUT2D eigenvalue weighted by Crippen LogP contribution is 2.28. The van der Waals surface area contributed by atoms with Gasteiger partial charge in [0.05, 0.1) is 18.7 Å². The number of halogens is 1. The standard InChI is InChI=1S/C14H18ClN3O/c15-11-4-1-3-10(7-11)13-8-17-14(16)18(13)9-12-5-2-6-19-12/h1,3-4,7,12-13H,2,5-6,8-9H2,(H2,16,17). The molecule has 1 fully saturated rings. The highest BCUT2D eigenvalue weighted by atomic mass is 35.5. The van der Waals surface area contributed by atoms with Gasteiger partial charge in [-0.3, -0.25) is 4.99 Å². The van der Waals surface area contributed by atoms with Crippen molar-refractivity contribution >= 4 is 17.6 Å². The highest BCUT2D eigenvalue weighted by molar-refractivity contribution is 6.30. The molecular weight excluding hydrogens is 262 g/mol. The van der Waals surface area contributed by atoms with Gasteiger partial charge in [0.1, 0.15) is 0 Å². The molecule has 0 spiro atoms. The van der Waals surface area contributed by atoms with Gasteiger partial charge in [-0.25, -0.2) is 0 Å². The maximum Gasteiger partial charge on any atom is 0.192 e. The van der Waals surface area contributed by atoms with E-state index in [0.29, 0.717) is 12.5 Å². The molecule has 0 radical (unpaired) electrons. The average Bonchev–Trinajstić information content (AvgIpc) is 3.01. The summed E-state index contributed by atoms with van der Waals surface area (Å²) in [5, 5.41) is 0.750. The summed E-state index contributed by atoms with van der Waals surface area (Å²) < 4.78 is 5.69. The van der Waals surface area contributed by atoms with E-state index in [4.69, 9.17) is 22.1 Å². The van der Waals surface area contributed by atoms with E-state index in [2.05, 4.69) is 16.0 Å². The summed E-state index contributed by atoms with van der Waals surface area (Å²) in [7, 11) is 0. The van der Waals surface area contributed by atoms with Crippen molar-refractivity contribution in [2.24, 2.45) is 10.7 Å². The van der Waals surface area contributed by atoms with Crippen LogP contribution in [-0.4, -0.2) is 36.7 Å². The van der Waals surface area contributed by atoms with E-state index in [0.717, 1.165) is 36.6 Å². The molecule has 4 nitrogen and oxygen atoms in total. The summed E-state index contributed by atoms with van der Waals surface area (Å²) >= 11 is 6.07. The summed E-state index contributed by atoms with van der Waals surface area (Å²) in [6.07, 6.45) is 2.51. The van der Waals surface area contributed by atoms with Crippen LogP contribution >= 0.6 is 11.6 Å². The second-order valence-corrected chi connectivity index (χ2v) is 5.49. The van der Waals surface area contributed by atoms with E-state index in [1.807, 2.05) is 18.2 Å². The SMILES string of the molecule is NC1=NCC(c2cccc(Cl)c2)N1CC1CCCO1. The first-order valence-corrected chi connectivity index (χ1v) is 7.05. The second kappa shape index (κ2) is 5.39. The zero-order valence-corrected chi connectivity index (χ0v) is 11.5. The molecule has 0 aromatic heterocycles. The molecule has 2 N–H and O–H groups in total. The molecule has 2 aliphatic rings. The predicted octanol–water partition coefficient (Wildman–Crippen LogP) is 2.19. The van der Waals surface area contributed by atoms with Crippen LogP contribution in [0.15, 0.2) is 29.3 Å². The molecule has 1 aromatic rings. The van der Waals surface area contributed by atoms with Gasteiger partial charge in [0.15, 0.2) is 5.96 Å². The third kappa shape index (κ3) is 2.69. The van der Waals surface area contributed by atoms with Crippen LogP contribution in [0.3, 0.4) is 0 Å². The zero-order valence-electron chi connectivity index (χ0n) is 10.8. The molecule has 19 heavy (non-hydrogen) atoms. The molecule has 2 atom stereocenters. The smallest absolute Gasteiger partial charge is 0.192 e. The Labute approximate surface area is 118 Å². The lowest BCUT2D eigenvalue weighted by Gasteiger charge is -2.28. The monoisotopic (exact) mass is 279 g/mol. The van der Waals surface area contributed by atoms with Crippen LogP contribution in [0.5, 0.6) is 0 Å². The quantitative estimate of drug-likeness (QED) is 0.923. The van der Waals surface area contributed by atoms with Gasteiger partial charge in [-0.2, -0.15) is 0 Å². The Hall–Kier alpha value is -1.26. The molecule has 102 valence electrons. The van der Waals surface area contributed by atoms with Crippen molar-refractivity contribution in [3.05, 3.63) is 34.9 Å². The number of nitrogens with two attached hydrogens (primary N) is 1. The molecular formula is C14H18ClN3O. The fourth-order valence-corrected chi connectivity index (χ4v) is 2.96. The van der Waals surface area contributed by atoms with E-state index < -0.39 is 0 Å². The van der Waals surface area contributed by atoms with Crippen LogP contribution < -0.4 is 5.73 Å². The van der Waals surface area contributed by atoms with E-state index in [1.54, 1.807) is 0 Å². The van der Waals surface area contributed by atoms with Crippen LogP contribution in [0.25, 0.3) is 0 Å². The van der Waals surface area contributed by atoms with Gasteiger partial charge in [0.2, 0.25) is 0 Å². The molecule has 0 aliphatic carbocycles. The van der Waals surface area contributed by atoms with Crippen LogP contribution in [0, 0.1) is 0 Å². The lowest BCUT2D eigenvalue weighted by Crippen LogP contribution is -2.41. The first-order chi connectivity index (χ1) is 9.24. The van der Waals surface area contributed by atoms with Crippen molar-refractivity contribution in [2.45, 2.75) is 25.0 Å². The number of nitrogens with zero attached hydrogens (tertiary/aromatic N) is 2. The molecule has 0 amide bonds. The minimum Gasteiger partial charge on any atom is -0.376 e. The minimum atomic E-state index is 0.183. The van der Waals surface area contributed by atoms with Gasteiger partial charge in [0, 0.05) is 18.2 Å². The molecule has 0 saturated carbocycles. The van der Waals surface area contributed by atoms with Crippen LogP contribution in [0.1, 0.15) is 24.4 Å². The van der Waals surface area contributed by atoms with Crippen LogP contribution in [0.2, 0.25) is 5.02 Å². The van der Waals surface area contributed by atoms with E-state index in [-0.39, 0.29) is 12.1 Å². The highest BCUT2D eigenvalue weighted by Gasteiger charge is 2.30. The van der Waals surface area contributed by atoms with Gasteiger partial charge in [-0.15, -0.1) is 0 Å². The molecule has 3 rings (SSSR count). The Kier molecular flexibility index (Phi) is 3.62. The Morgan fingerprint density at radius 2 is 2.37 bits per heavy atom. The summed E-state index contributed by atoms with van der Waals surface area (Å²) in [6.45, 7) is 2.36. The fourth-order valence-electron chi connectivity index (χ4n) is 2.76. The normalized spacial score (nSPS) is 26.8. The lowest BCUT2D eigenvalue weighted by atomic mass is 10.1. The number of guanidine groups is 1. The van der Waals surface area contributed by atoms with Gasteiger partial charge >= 0.3 is 0 Å². The van der Waals surface area contributed by atoms with Gasteiger partial charge in [-0.05, 0) is 30.5 Å². The number of benzene rings is 1. The number of ether oxygens (including phenoxy) is 1. The topological polar surface area (TPSA) is 50.8 Å². The third-order valence-corrected chi connectivity index (χ3v) is 3.99. The fraction of sp³-hybridized carbons (Fsp3) is 0.500. The molecule has 0 bridgehead atoms. The first-order valence-electron chi connectivity index (χ1n) is 6.67. The van der Waals surface area contributed by atoms with Crippen molar-refractivity contribution in [2.75, 3.05) is 19.7 Å². The Balaban J connectivity index is 1.77. The largest absolute Gasteiger partial charge is 0.376 e. The Bertz CT molecular complexity index is 485. The van der Waals surface area contributed by atoms with Crippen molar-refractivity contribution in [1.29, 1.82) is 0 Å². The number of aliphatic imine (C=N–C) groups is 1. The lowest BCUT2D eigenvalue weighted by molar-refractivity contribution is 0.0853. The van der Waals surface area contributed by atoms with E-state index >= 15 is 0 Å². The van der Waals surface area contributed by atoms with Crippen LogP contribution in [0.4, 0.5) is 0 Å². The van der Waals surface area contributed by atoms with Gasteiger partial charge in [-0.1, -0.05) is 23.7 Å². The summed E-state index contributed by atoms with van der Waals surface area (Å²) in [5.74, 6) is 0.612. The number of hydrogen-bond acceptors (Lipinski definition) is 4. The number of hydrogen-bond donors (Lipinski definition) is 1. The van der Waals surface area contributed by atoms with Crippen molar-refractivity contribution < 1.29 is 4.74 Å². The second-order valence-electron chi connectivity index (χ2n) is 5.06. The summed E-state index contributed by atoms with van der Waals surface area (Å²) in [5.41, 5.74) is 7.17. The minimum absolute atomic E-state index is 0.183. The van der Waals surface area contributed by atoms with Gasteiger partial charge in [0.25, 0.3) is 0 Å². The molecule has 2 aliphatic heterocycles. The molecule has 5 heteroatoms. The molecule has 1 saturated heterocycles. The molecule has 2 unspecified atom stereocenters. The van der Waals surface area contributed by atoms with Gasteiger partial charge < -0.3 is 15.4 Å². The first kappa shape index (κ1) is 12.8. The van der Waals surface area contributed by atoms with E-state index in [9.17, 15) is 0 Å². The summed E-state index contributed by atoms with van der Waals surface area (Å²) in [4.78, 5) is 6.51. The third-order valence-electron chi connectivity index (χ3n) is 3.75. The summed E-state index contributed by atoms with van der Waals surface area (Å²) in [6, 6.07) is 8.10. The van der Waals surface area contributed by atoms with E-state index in [1.165, 1.54) is 0 Å². The Morgan fingerprint density at radius 1 is 1.47 bits per heavy atom. The zero-order chi connectivity index (χ0) is 13.2. The predicted molar refractivity (Wildman–Crippen MR) is 76.4 cm³/mol. The Morgan fingerprint density at radius 3 is 3.11 bits per heavy atom. The molecule has 2 heterocycles.